The molecule has 14 nitrogen and oxygen atoms in total. The lowest BCUT2D eigenvalue weighted by atomic mass is 9.98. The van der Waals surface area contributed by atoms with Crippen LogP contribution in [0.25, 0.3) is 22.5 Å². The number of halogens is 1. The third-order valence-corrected chi connectivity index (χ3v) is 7.05. The van der Waals surface area contributed by atoms with Gasteiger partial charge in [-0.05, 0) is 47.6 Å². The number of carbonyl (C=O) groups excluding carboxylic acids is 1. The summed E-state index contributed by atoms with van der Waals surface area (Å²) in [5.41, 5.74) is 4.26. The van der Waals surface area contributed by atoms with Gasteiger partial charge >= 0.3 is 6.16 Å². The van der Waals surface area contributed by atoms with Crippen molar-refractivity contribution in [2.45, 2.75) is 65.3 Å². The Labute approximate surface area is 259 Å². The maximum atomic E-state index is 11.9. The molecule has 0 aliphatic heterocycles. The Morgan fingerprint density at radius 2 is 1.73 bits per heavy atom. The topological polar surface area (TPSA) is 170 Å². The molecule has 0 fully saturated rings. The molecule has 0 aliphatic rings. The summed E-state index contributed by atoms with van der Waals surface area (Å²) >= 11 is 6.30. The van der Waals surface area contributed by atoms with Gasteiger partial charge < -0.3 is 19.1 Å². The maximum absolute atomic E-state index is 11.9. The summed E-state index contributed by atoms with van der Waals surface area (Å²) in [7, 11) is 0. The highest BCUT2D eigenvalue weighted by molar-refractivity contribution is 6.30. The van der Waals surface area contributed by atoms with E-state index in [2.05, 4.69) is 32.2 Å². The van der Waals surface area contributed by atoms with Crippen LogP contribution in [0.1, 0.15) is 56.1 Å². The molecule has 0 saturated heterocycles. The third kappa shape index (κ3) is 9.29. The maximum Gasteiger partial charge on any atom is 0.510 e. The molecular formula is C29H36ClN7O7. The van der Waals surface area contributed by atoms with E-state index < -0.39 is 6.16 Å². The number of carbonyl (C=O) groups is 1. The first kappa shape index (κ1) is 33.0. The van der Waals surface area contributed by atoms with Gasteiger partial charge in [-0.2, -0.15) is 0 Å². The lowest BCUT2D eigenvalue weighted by Gasteiger charge is -2.12. The lowest BCUT2D eigenvalue weighted by molar-refractivity contribution is -0.492. The molecule has 2 aromatic carbocycles. The standard InChI is InChI=1S/C29H36ClN7O7/c1-2-3-11-26-31-27(30)25(19-38)35(26)18-21-12-14-22(15-13-21)23-9-5-6-10-24(23)28-32-34-36(33-28)20-43-29(39)42-16-7-4-8-17-44-37(40)41/h5-6,9-10,12-15,38,40-41H,2-4,7-8,11,16-20H2,1H3. The van der Waals surface area contributed by atoms with Gasteiger partial charge in [-0.3, -0.25) is 15.3 Å². The van der Waals surface area contributed by atoms with Crippen molar-refractivity contribution in [1.82, 2.24) is 35.1 Å². The number of aryl methyl sites for hydroxylation is 1. The largest absolute Gasteiger partial charge is 0.510 e. The molecule has 0 spiro atoms. The fraction of sp³-hybridized carbons (Fsp3) is 0.414. The number of nitrogens with zero attached hydrogens (tertiary/aromatic N) is 7. The van der Waals surface area contributed by atoms with Gasteiger partial charge in [0, 0.05) is 18.5 Å². The summed E-state index contributed by atoms with van der Waals surface area (Å²) in [5.74, 6) is 1.23. The number of imidazole rings is 1. The minimum Gasteiger partial charge on any atom is -0.434 e. The zero-order valence-corrected chi connectivity index (χ0v) is 25.1. The number of ether oxygens (including phenoxy) is 2. The Kier molecular flexibility index (Phi) is 12.6. The minimum atomic E-state index is -0.862. The van der Waals surface area contributed by atoms with Gasteiger partial charge in [0.2, 0.25) is 12.6 Å². The van der Waals surface area contributed by atoms with Gasteiger partial charge in [0.05, 0.1) is 30.9 Å². The molecule has 236 valence electrons. The molecule has 3 N–H and O–H groups in total. The zero-order chi connectivity index (χ0) is 31.3. The fourth-order valence-corrected chi connectivity index (χ4v) is 4.77. The number of tetrazole rings is 1. The molecule has 0 unspecified atom stereocenters. The van der Waals surface area contributed by atoms with Gasteiger partial charge in [-0.1, -0.05) is 73.5 Å². The number of benzene rings is 2. The van der Waals surface area contributed by atoms with Crippen molar-refractivity contribution in [1.29, 1.82) is 0 Å². The zero-order valence-electron chi connectivity index (χ0n) is 24.4. The van der Waals surface area contributed by atoms with E-state index in [0.29, 0.717) is 42.5 Å². The van der Waals surface area contributed by atoms with Gasteiger partial charge in [0.15, 0.2) is 5.15 Å². The van der Waals surface area contributed by atoms with E-state index >= 15 is 0 Å². The molecule has 4 rings (SSSR count). The van der Waals surface area contributed by atoms with Crippen molar-refractivity contribution in [3.63, 3.8) is 0 Å². The van der Waals surface area contributed by atoms with Crippen molar-refractivity contribution >= 4 is 17.8 Å². The third-order valence-electron chi connectivity index (χ3n) is 6.75. The highest BCUT2D eigenvalue weighted by Gasteiger charge is 2.17. The van der Waals surface area contributed by atoms with Crippen LogP contribution in [0.2, 0.25) is 5.15 Å². The molecule has 0 saturated carbocycles. The average molecular weight is 630 g/mol. The summed E-state index contributed by atoms with van der Waals surface area (Å²) in [6.45, 7) is 2.47. The van der Waals surface area contributed by atoms with Crippen LogP contribution in [0.3, 0.4) is 0 Å². The summed E-state index contributed by atoms with van der Waals surface area (Å²) in [6.07, 6.45) is 3.71. The van der Waals surface area contributed by atoms with Crippen molar-refractivity contribution in [3.8, 4) is 22.5 Å². The van der Waals surface area contributed by atoms with Crippen molar-refractivity contribution in [2.75, 3.05) is 13.2 Å². The summed E-state index contributed by atoms with van der Waals surface area (Å²) < 4.78 is 12.1. The SMILES string of the molecule is CCCCc1nc(Cl)c(CO)n1Cc1ccc(-c2ccccc2-c2nnn(COC(=O)OCCCCCON(O)O)n2)cc1. The molecule has 2 heterocycles. The number of unbranched alkanes of at least 4 members (excludes halogenated alkanes) is 3. The van der Waals surface area contributed by atoms with E-state index in [9.17, 15) is 9.90 Å². The van der Waals surface area contributed by atoms with E-state index in [1.165, 1.54) is 0 Å². The van der Waals surface area contributed by atoms with Gasteiger partial charge in [-0.25, -0.2) is 9.78 Å². The van der Waals surface area contributed by atoms with Crippen molar-refractivity contribution in [3.05, 3.63) is 70.8 Å². The molecule has 15 heteroatoms. The Morgan fingerprint density at radius 1 is 0.977 bits per heavy atom. The first-order valence-corrected chi connectivity index (χ1v) is 14.7. The van der Waals surface area contributed by atoms with Crippen LogP contribution in [0.4, 0.5) is 4.79 Å². The van der Waals surface area contributed by atoms with E-state index in [4.69, 9.17) is 31.5 Å². The number of aliphatic hydroxyl groups is 1. The summed E-state index contributed by atoms with van der Waals surface area (Å²) in [4.78, 5) is 22.0. The molecule has 0 radical (unpaired) electrons. The lowest BCUT2D eigenvalue weighted by Crippen LogP contribution is -2.15. The van der Waals surface area contributed by atoms with Crippen molar-refractivity contribution in [2.24, 2.45) is 0 Å². The number of rotatable bonds is 17. The summed E-state index contributed by atoms with van der Waals surface area (Å²) in [5, 5.41) is 39.3. The molecule has 0 bridgehead atoms. The van der Waals surface area contributed by atoms with Crippen LogP contribution in [-0.4, -0.2) is 70.0 Å². The molecule has 0 atom stereocenters. The predicted octanol–water partition coefficient (Wildman–Crippen LogP) is 5.03. The van der Waals surface area contributed by atoms with Gasteiger partial charge in [-0.15, -0.1) is 15.0 Å². The van der Waals surface area contributed by atoms with Gasteiger partial charge in [0.25, 0.3) is 0 Å². The highest BCUT2D eigenvalue weighted by Crippen LogP contribution is 2.30. The number of aliphatic hydroxyl groups excluding tert-OH is 1. The molecule has 0 aliphatic carbocycles. The molecular weight excluding hydrogens is 594 g/mol. The molecule has 44 heavy (non-hydrogen) atoms. The summed E-state index contributed by atoms with van der Waals surface area (Å²) in [6, 6.07) is 15.8. The van der Waals surface area contributed by atoms with Crippen LogP contribution in [0.5, 0.6) is 0 Å². The van der Waals surface area contributed by atoms with Crippen molar-refractivity contribution < 1.29 is 34.6 Å². The quantitative estimate of drug-likeness (QED) is 0.0809. The number of aromatic nitrogens is 6. The molecule has 4 aromatic rings. The Balaban J connectivity index is 1.35. The Hall–Kier alpha value is -3.92. The van der Waals surface area contributed by atoms with E-state index in [1.54, 1.807) is 0 Å². The fourth-order valence-electron chi connectivity index (χ4n) is 4.51. The average Bonchev–Trinajstić information content (AvgIpc) is 3.62. The number of hydrogen-bond acceptors (Lipinski definition) is 12. The first-order valence-electron chi connectivity index (χ1n) is 14.3. The smallest absolute Gasteiger partial charge is 0.434 e. The van der Waals surface area contributed by atoms with Crippen LogP contribution in [0, 0.1) is 0 Å². The monoisotopic (exact) mass is 629 g/mol. The van der Waals surface area contributed by atoms with Crippen LogP contribution in [-0.2, 0) is 40.6 Å². The normalized spacial score (nSPS) is 11.3. The Morgan fingerprint density at radius 3 is 2.45 bits per heavy atom. The van der Waals surface area contributed by atoms with E-state index in [1.807, 2.05) is 53.1 Å². The Bertz CT molecular complexity index is 1480. The minimum absolute atomic E-state index is 0.125. The molecule has 0 amide bonds. The molecule has 2 aromatic heterocycles. The van der Waals surface area contributed by atoms with Gasteiger partial charge in [0.1, 0.15) is 5.82 Å². The number of hydrogen-bond donors (Lipinski definition) is 3. The van der Waals surface area contributed by atoms with Crippen LogP contribution >= 0.6 is 11.6 Å². The highest BCUT2D eigenvalue weighted by atomic mass is 35.5. The van der Waals surface area contributed by atoms with Crippen LogP contribution in [0.15, 0.2) is 48.5 Å². The van der Waals surface area contributed by atoms with Crippen LogP contribution < -0.4 is 0 Å². The second-order valence-electron chi connectivity index (χ2n) is 9.86. The predicted molar refractivity (Wildman–Crippen MR) is 157 cm³/mol. The first-order chi connectivity index (χ1) is 21.4. The second kappa shape index (κ2) is 16.8. The second-order valence-corrected chi connectivity index (χ2v) is 10.2. The van der Waals surface area contributed by atoms with E-state index in [0.717, 1.165) is 52.1 Å². The van der Waals surface area contributed by atoms with E-state index in [-0.39, 0.29) is 31.9 Å².